The number of hydrogen-bond donors (Lipinski definition) is 1. The van der Waals surface area contributed by atoms with Crippen molar-refractivity contribution in [1.29, 1.82) is 0 Å². The zero-order valence-corrected chi connectivity index (χ0v) is 24.6. The summed E-state index contributed by atoms with van der Waals surface area (Å²) in [6.07, 6.45) is 4.70. The number of nitrogens with one attached hydrogen (secondary N) is 1. The fraction of sp³-hybridized carbons (Fsp3) is 0.250. The second-order valence-electron chi connectivity index (χ2n) is 6.69. The van der Waals surface area contributed by atoms with Crippen molar-refractivity contribution >= 4 is 52.4 Å². The summed E-state index contributed by atoms with van der Waals surface area (Å²) in [6, 6.07) is 20.6. The van der Waals surface area contributed by atoms with E-state index in [4.69, 9.17) is 39.5 Å². The molecule has 4 aromatic rings. The molecule has 36 heavy (non-hydrogen) atoms. The zero-order chi connectivity index (χ0) is 26.9. The predicted molar refractivity (Wildman–Crippen MR) is 160 cm³/mol. The van der Waals surface area contributed by atoms with E-state index in [0.29, 0.717) is 26.6 Å². The van der Waals surface area contributed by atoms with E-state index in [1.54, 1.807) is 41.3 Å². The summed E-state index contributed by atoms with van der Waals surface area (Å²) in [5.74, 6) is 1.14. The van der Waals surface area contributed by atoms with E-state index in [-0.39, 0.29) is 0 Å². The maximum absolute atomic E-state index is 6.39. The van der Waals surface area contributed by atoms with Crippen LogP contribution in [-0.2, 0) is 0 Å². The van der Waals surface area contributed by atoms with Gasteiger partial charge in [0.25, 0.3) is 0 Å². The lowest BCUT2D eigenvalue weighted by molar-refractivity contribution is 0.483. The molecule has 0 saturated carbocycles. The number of aromatic nitrogens is 2. The molecular weight excluding hydrogens is 533 g/mol. The summed E-state index contributed by atoms with van der Waals surface area (Å²) in [4.78, 5) is 0.862. The minimum atomic E-state index is 0.477. The molecule has 1 heterocycles. The lowest BCUT2D eigenvalue weighted by Gasteiger charge is -2.10. The molecule has 0 aliphatic heterocycles. The number of benzene rings is 3. The SMILES string of the molecule is CC.CC.CCC.Clc1ccc(SNc2ccc(Oc3cnn(-c4ccccc4)c3)c(Cl)c2)c(Cl)c1. The summed E-state index contributed by atoms with van der Waals surface area (Å²) < 4.78 is 10.8. The largest absolute Gasteiger partial charge is 0.452 e. The number of ether oxygens (including phenoxy) is 1. The van der Waals surface area contributed by atoms with E-state index in [1.807, 2.05) is 70.2 Å². The molecule has 0 fully saturated rings. The summed E-state index contributed by atoms with van der Waals surface area (Å²) >= 11 is 19.9. The van der Waals surface area contributed by atoms with E-state index >= 15 is 0 Å². The van der Waals surface area contributed by atoms with E-state index in [0.717, 1.165) is 16.3 Å². The number of rotatable bonds is 6. The Kier molecular flexibility index (Phi) is 15.9. The second-order valence-corrected chi connectivity index (χ2v) is 8.79. The van der Waals surface area contributed by atoms with Gasteiger partial charge in [-0.05, 0) is 60.5 Å². The minimum Gasteiger partial charge on any atom is -0.452 e. The van der Waals surface area contributed by atoms with Crippen molar-refractivity contribution in [1.82, 2.24) is 9.78 Å². The van der Waals surface area contributed by atoms with Crippen LogP contribution in [0.25, 0.3) is 5.69 Å². The summed E-state index contributed by atoms with van der Waals surface area (Å²) in [7, 11) is 0. The standard InChI is InChI=1S/C21H14Cl3N3OS.C3H8.2C2H6/c22-14-6-9-21(19(24)10-14)29-26-15-7-8-20(18(23)11-15)28-17-12-25-27(13-17)16-4-2-1-3-5-16;1-3-2;2*1-2/h1-13,26H;3H2,1-2H3;2*1-2H3. The zero-order valence-electron chi connectivity index (χ0n) is 21.6. The van der Waals surface area contributed by atoms with Gasteiger partial charge in [-0.2, -0.15) is 5.10 Å². The van der Waals surface area contributed by atoms with Crippen LogP contribution in [0.4, 0.5) is 5.69 Å². The van der Waals surface area contributed by atoms with Crippen LogP contribution in [0.3, 0.4) is 0 Å². The number of nitrogens with zero attached hydrogens (tertiary/aromatic N) is 2. The Labute approximate surface area is 235 Å². The first kappa shape index (κ1) is 31.7. The molecule has 0 atom stereocenters. The number of halogens is 3. The van der Waals surface area contributed by atoms with Gasteiger partial charge in [0.05, 0.1) is 28.1 Å². The highest BCUT2D eigenvalue weighted by molar-refractivity contribution is 8.00. The smallest absolute Gasteiger partial charge is 0.165 e. The lowest BCUT2D eigenvalue weighted by atomic mass is 10.3. The van der Waals surface area contributed by atoms with Gasteiger partial charge in [-0.3, -0.25) is 0 Å². The quantitative estimate of drug-likeness (QED) is 0.236. The van der Waals surface area contributed by atoms with Gasteiger partial charge in [-0.1, -0.05) is 101 Å². The van der Waals surface area contributed by atoms with E-state index in [9.17, 15) is 0 Å². The van der Waals surface area contributed by atoms with Crippen molar-refractivity contribution in [2.45, 2.75) is 52.9 Å². The van der Waals surface area contributed by atoms with Crippen LogP contribution in [0.2, 0.25) is 15.1 Å². The van der Waals surface area contributed by atoms with Gasteiger partial charge >= 0.3 is 0 Å². The highest BCUT2D eigenvalue weighted by Gasteiger charge is 2.09. The molecule has 4 rings (SSSR count). The Hall–Kier alpha value is -2.31. The van der Waals surface area contributed by atoms with Gasteiger partial charge in [-0.25, -0.2) is 4.68 Å². The molecule has 0 saturated heterocycles. The molecule has 8 heteroatoms. The van der Waals surface area contributed by atoms with Crippen LogP contribution in [0.1, 0.15) is 48.0 Å². The van der Waals surface area contributed by atoms with Gasteiger partial charge in [0.2, 0.25) is 0 Å². The van der Waals surface area contributed by atoms with E-state index in [1.165, 1.54) is 18.4 Å². The molecule has 3 aromatic carbocycles. The molecule has 0 amide bonds. The molecule has 0 spiro atoms. The molecule has 0 radical (unpaired) electrons. The first-order chi connectivity index (χ1) is 17.5. The van der Waals surface area contributed by atoms with Gasteiger partial charge in [0.1, 0.15) is 5.75 Å². The predicted octanol–water partition coefficient (Wildman–Crippen LogP) is 11.2. The fourth-order valence-corrected chi connectivity index (χ4v) is 3.92. The van der Waals surface area contributed by atoms with E-state index < -0.39 is 0 Å². The monoisotopic (exact) mass is 565 g/mol. The van der Waals surface area contributed by atoms with Gasteiger partial charge < -0.3 is 9.46 Å². The Morgan fingerprint density at radius 3 is 2.14 bits per heavy atom. The normalized spacial score (nSPS) is 9.47. The Balaban J connectivity index is 0.000000844. The number of anilines is 1. The van der Waals surface area contributed by atoms with Crippen molar-refractivity contribution in [3.05, 3.63) is 94.2 Å². The molecule has 1 aromatic heterocycles. The Morgan fingerprint density at radius 2 is 1.53 bits per heavy atom. The van der Waals surface area contributed by atoms with Crippen molar-refractivity contribution in [3.63, 3.8) is 0 Å². The van der Waals surface area contributed by atoms with Gasteiger partial charge in [0.15, 0.2) is 5.75 Å². The molecule has 0 aliphatic carbocycles. The molecule has 0 unspecified atom stereocenters. The van der Waals surface area contributed by atoms with Crippen molar-refractivity contribution in [2.24, 2.45) is 0 Å². The molecule has 194 valence electrons. The van der Waals surface area contributed by atoms with Crippen LogP contribution in [0, 0.1) is 0 Å². The van der Waals surface area contributed by atoms with Crippen LogP contribution in [-0.4, -0.2) is 9.78 Å². The summed E-state index contributed by atoms with van der Waals surface area (Å²) in [5, 5.41) is 5.97. The highest BCUT2D eigenvalue weighted by atomic mass is 35.5. The summed E-state index contributed by atoms with van der Waals surface area (Å²) in [6.45, 7) is 12.2. The third kappa shape index (κ3) is 10.4. The third-order valence-electron chi connectivity index (χ3n) is 3.91. The highest BCUT2D eigenvalue weighted by Crippen LogP contribution is 2.35. The van der Waals surface area contributed by atoms with E-state index in [2.05, 4.69) is 23.7 Å². The maximum Gasteiger partial charge on any atom is 0.165 e. The average molecular weight is 567 g/mol. The van der Waals surface area contributed by atoms with Crippen molar-refractivity contribution in [3.8, 4) is 17.2 Å². The van der Waals surface area contributed by atoms with Crippen LogP contribution in [0.15, 0.2) is 84.0 Å². The van der Waals surface area contributed by atoms with Crippen LogP contribution < -0.4 is 9.46 Å². The average Bonchev–Trinajstić information content (AvgIpc) is 3.37. The third-order valence-corrected chi connectivity index (χ3v) is 5.78. The molecular formula is C28H34Cl3N3OS. The van der Waals surface area contributed by atoms with Crippen LogP contribution >= 0.6 is 46.8 Å². The van der Waals surface area contributed by atoms with Crippen LogP contribution in [0.5, 0.6) is 11.5 Å². The summed E-state index contributed by atoms with van der Waals surface area (Å²) in [5.41, 5.74) is 1.77. The maximum atomic E-state index is 6.39. The lowest BCUT2D eigenvalue weighted by Crippen LogP contribution is -1.92. The van der Waals surface area contributed by atoms with Crippen molar-refractivity contribution < 1.29 is 4.74 Å². The number of para-hydroxylation sites is 1. The topological polar surface area (TPSA) is 39.1 Å². The van der Waals surface area contributed by atoms with Gasteiger partial charge in [-0.15, -0.1) is 0 Å². The molecule has 0 bridgehead atoms. The van der Waals surface area contributed by atoms with Gasteiger partial charge in [0, 0.05) is 15.6 Å². The van der Waals surface area contributed by atoms with Crippen molar-refractivity contribution in [2.75, 3.05) is 4.72 Å². The first-order valence-corrected chi connectivity index (χ1v) is 13.9. The Morgan fingerprint density at radius 1 is 0.861 bits per heavy atom. The first-order valence-electron chi connectivity index (χ1n) is 12.0. The molecule has 4 nitrogen and oxygen atoms in total. The minimum absolute atomic E-state index is 0.477. The molecule has 1 N–H and O–H groups in total. The second kappa shape index (κ2) is 18.0. The molecule has 0 aliphatic rings. The fourth-order valence-electron chi connectivity index (χ4n) is 2.53. The Bertz CT molecular complexity index is 1150. The number of hydrogen-bond acceptors (Lipinski definition) is 4.